The van der Waals surface area contributed by atoms with Gasteiger partial charge in [-0.2, -0.15) is 0 Å². The lowest BCUT2D eigenvalue weighted by Gasteiger charge is -2.11. The van der Waals surface area contributed by atoms with E-state index in [0.717, 1.165) is 5.56 Å². The average molecular weight is 299 g/mol. The number of hydrogen-bond acceptors (Lipinski definition) is 3. The molecule has 0 bridgehead atoms. The summed E-state index contributed by atoms with van der Waals surface area (Å²) in [6.45, 7) is 5.58. The van der Waals surface area contributed by atoms with E-state index in [9.17, 15) is 9.90 Å². The zero-order chi connectivity index (χ0) is 16.1. The number of amides is 1. The average Bonchev–Trinajstić information content (AvgIpc) is 2.47. The lowest BCUT2D eigenvalue weighted by atomic mass is 10.1. The van der Waals surface area contributed by atoms with Gasteiger partial charge in [0.2, 0.25) is 0 Å². The summed E-state index contributed by atoms with van der Waals surface area (Å²) in [7, 11) is 0. The minimum Gasteiger partial charge on any atom is -0.491 e. The first-order chi connectivity index (χ1) is 10.5. The Morgan fingerprint density at radius 2 is 1.77 bits per heavy atom. The molecule has 4 heteroatoms. The first-order valence-corrected chi connectivity index (χ1v) is 7.32. The van der Waals surface area contributed by atoms with Gasteiger partial charge in [-0.15, -0.1) is 0 Å². The molecule has 0 heterocycles. The Kier molecular flexibility index (Phi) is 5.17. The van der Waals surface area contributed by atoms with Crippen LogP contribution in [0.2, 0.25) is 0 Å². The molecule has 2 aromatic rings. The highest BCUT2D eigenvalue weighted by Crippen LogP contribution is 2.18. The predicted octanol–water partition coefficient (Wildman–Crippen LogP) is 3.78. The van der Waals surface area contributed by atoms with Crippen molar-refractivity contribution in [2.75, 3.05) is 5.32 Å². The van der Waals surface area contributed by atoms with E-state index in [-0.39, 0.29) is 12.0 Å². The van der Waals surface area contributed by atoms with E-state index in [1.165, 1.54) is 0 Å². The van der Waals surface area contributed by atoms with E-state index >= 15 is 0 Å². The molecule has 2 N–H and O–H groups in total. The van der Waals surface area contributed by atoms with Crippen LogP contribution in [0.25, 0.3) is 0 Å². The molecule has 0 aliphatic rings. The SMILES string of the molecule is CC(C)Oc1cccc(C(=O)Nc2ccc(C(C)O)cc2)c1. The maximum Gasteiger partial charge on any atom is 0.255 e. The number of aliphatic hydroxyl groups is 1. The smallest absolute Gasteiger partial charge is 0.255 e. The van der Waals surface area contributed by atoms with Gasteiger partial charge in [-0.3, -0.25) is 4.79 Å². The van der Waals surface area contributed by atoms with Gasteiger partial charge in [0, 0.05) is 11.3 Å². The van der Waals surface area contributed by atoms with Crippen molar-refractivity contribution in [3.05, 3.63) is 59.7 Å². The summed E-state index contributed by atoms with van der Waals surface area (Å²) in [5.41, 5.74) is 2.03. The van der Waals surface area contributed by atoms with Crippen molar-refractivity contribution in [1.29, 1.82) is 0 Å². The molecular formula is C18H21NO3. The van der Waals surface area contributed by atoms with Gasteiger partial charge in [0.25, 0.3) is 5.91 Å². The summed E-state index contributed by atoms with van der Waals surface area (Å²) in [5.74, 6) is 0.478. The second-order valence-corrected chi connectivity index (χ2v) is 5.45. The fourth-order valence-electron chi connectivity index (χ4n) is 2.03. The van der Waals surface area contributed by atoms with Crippen LogP contribution in [-0.2, 0) is 0 Å². The van der Waals surface area contributed by atoms with Crippen molar-refractivity contribution < 1.29 is 14.6 Å². The summed E-state index contributed by atoms with van der Waals surface area (Å²) in [6.07, 6.45) is -0.457. The van der Waals surface area contributed by atoms with Gasteiger partial charge in [-0.25, -0.2) is 0 Å². The van der Waals surface area contributed by atoms with Gasteiger partial charge in [-0.1, -0.05) is 18.2 Å². The Labute approximate surface area is 130 Å². The molecule has 0 fully saturated rings. The fraction of sp³-hybridized carbons (Fsp3) is 0.278. The van der Waals surface area contributed by atoms with Crippen LogP contribution in [0.15, 0.2) is 48.5 Å². The third-order valence-corrected chi connectivity index (χ3v) is 3.12. The van der Waals surface area contributed by atoms with Crippen LogP contribution in [0.5, 0.6) is 5.75 Å². The van der Waals surface area contributed by atoms with Crippen LogP contribution in [0, 0.1) is 0 Å². The summed E-state index contributed by atoms with van der Waals surface area (Å²) in [4.78, 5) is 12.3. The van der Waals surface area contributed by atoms with Gasteiger partial charge in [0.05, 0.1) is 12.2 Å². The Morgan fingerprint density at radius 1 is 1.09 bits per heavy atom. The van der Waals surface area contributed by atoms with Crippen LogP contribution in [-0.4, -0.2) is 17.1 Å². The maximum atomic E-state index is 12.3. The lowest BCUT2D eigenvalue weighted by Crippen LogP contribution is -2.12. The number of anilines is 1. The fourth-order valence-corrected chi connectivity index (χ4v) is 2.03. The van der Waals surface area contributed by atoms with Gasteiger partial charge >= 0.3 is 0 Å². The van der Waals surface area contributed by atoms with Crippen molar-refractivity contribution in [3.63, 3.8) is 0 Å². The molecule has 1 atom stereocenters. The molecule has 2 aromatic carbocycles. The molecule has 0 aliphatic carbocycles. The van der Waals surface area contributed by atoms with E-state index in [4.69, 9.17) is 4.74 Å². The third-order valence-electron chi connectivity index (χ3n) is 3.12. The number of nitrogens with one attached hydrogen (secondary N) is 1. The molecule has 0 saturated carbocycles. The Morgan fingerprint density at radius 3 is 2.36 bits per heavy atom. The molecule has 0 spiro atoms. The maximum absolute atomic E-state index is 12.3. The molecule has 1 amide bonds. The Hall–Kier alpha value is -2.33. The van der Waals surface area contributed by atoms with E-state index in [1.807, 2.05) is 19.9 Å². The van der Waals surface area contributed by atoms with Crippen molar-refractivity contribution >= 4 is 11.6 Å². The second-order valence-electron chi connectivity index (χ2n) is 5.45. The summed E-state index contributed by atoms with van der Waals surface area (Å²) in [6, 6.07) is 14.2. The van der Waals surface area contributed by atoms with E-state index in [1.54, 1.807) is 49.4 Å². The molecule has 0 radical (unpaired) electrons. The highest BCUT2D eigenvalue weighted by atomic mass is 16.5. The molecular weight excluding hydrogens is 278 g/mol. The number of carbonyl (C=O) groups is 1. The normalized spacial score (nSPS) is 12.0. The van der Waals surface area contributed by atoms with Crippen LogP contribution < -0.4 is 10.1 Å². The minimum absolute atomic E-state index is 0.0614. The molecule has 2 rings (SSSR count). The molecule has 0 aliphatic heterocycles. The highest BCUT2D eigenvalue weighted by Gasteiger charge is 2.08. The zero-order valence-corrected chi connectivity index (χ0v) is 13.0. The molecule has 1 unspecified atom stereocenters. The number of aliphatic hydroxyl groups excluding tert-OH is 1. The lowest BCUT2D eigenvalue weighted by molar-refractivity contribution is 0.102. The molecule has 116 valence electrons. The van der Waals surface area contributed by atoms with Crippen molar-refractivity contribution in [2.45, 2.75) is 33.0 Å². The van der Waals surface area contributed by atoms with Crippen LogP contribution in [0.4, 0.5) is 5.69 Å². The monoisotopic (exact) mass is 299 g/mol. The molecule has 0 aromatic heterocycles. The largest absolute Gasteiger partial charge is 0.491 e. The molecule has 0 saturated heterocycles. The Bertz CT molecular complexity index is 633. The quantitative estimate of drug-likeness (QED) is 0.883. The standard InChI is InChI=1S/C18H21NO3/c1-12(2)22-17-6-4-5-15(11-17)18(21)19-16-9-7-14(8-10-16)13(3)20/h4-13,20H,1-3H3,(H,19,21). The van der Waals surface area contributed by atoms with Crippen molar-refractivity contribution in [3.8, 4) is 5.75 Å². The summed E-state index contributed by atoms with van der Waals surface area (Å²) >= 11 is 0. The van der Waals surface area contributed by atoms with Crippen LogP contribution in [0.1, 0.15) is 42.8 Å². The summed E-state index contributed by atoms with van der Waals surface area (Å²) in [5, 5.41) is 12.3. The Balaban J connectivity index is 2.08. The van der Waals surface area contributed by atoms with E-state index in [0.29, 0.717) is 17.0 Å². The first-order valence-electron chi connectivity index (χ1n) is 7.32. The van der Waals surface area contributed by atoms with Gasteiger partial charge in [-0.05, 0) is 56.7 Å². The van der Waals surface area contributed by atoms with Crippen LogP contribution in [0.3, 0.4) is 0 Å². The van der Waals surface area contributed by atoms with Gasteiger partial charge in [0.1, 0.15) is 5.75 Å². The molecule has 4 nitrogen and oxygen atoms in total. The van der Waals surface area contributed by atoms with E-state index in [2.05, 4.69) is 5.32 Å². The number of benzene rings is 2. The highest BCUT2D eigenvalue weighted by molar-refractivity contribution is 6.04. The zero-order valence-electron chi connectivity index (χ0n) is 13.0. The van der Waals surface area contributed by atoms with Crippen LogP contribution >= 0.6 is 0 Å². The number of carbonyl (C=O) groups excluding carboxylic acids is 1. The molecule has 22 heavy (non-hydrogen) atoms. The first kappa shape index (κ1) is 16.0. The van der Waals surface area contributed by atoms with Gasteiger partial charge in [0.15, 0.2) is 0 Å². The van der Waals surface area contributed by atoms with Crippen molar-refractivity contribution in [1.82, 2.24) is 0 Å². The minimum atomic E-state index is -0.519. The van der Waals surface area contributed by atoms with Crippen molar-refractivity contribution in [2.24, 2.45) is 0 Å². The van der Waals surface area contributed by atoms with E-state index < -0.39 is 6.10 Å². The number of ether oxygens (including phenoxy) is 1. The third kappa shape index (κ3) is 4.33. The summed E-state index contributed by atoms with van der Waals surface area (Å²) < 4.78 is 5.59. The predicted molar refractivity (Wildman–Crippen MR) is 87.2 cm³/mol. The van der Waals surface area contributed by atoms with Gasteiger partial charge < -0.3 is 15.2 Å². The number of rotatable bonds is 5. The second kappa shape index (κ2) is 7.09. The topological polar surface area (TPSA) is 58.6 Å². The number of hydrogen-bond donors (Lipinski definition) is 2.